The SMILES string of the molecule is CC(C)C1CCN(S(=O)(=O)c2cccnc2N)C1. The molecule has 0 saturated carbocycles. The van der Waals surface area contributed by atoms with Gasteiger partial charge in [-0.05, 0) is 30.4 Å². The van der Waals surface area contributed by atoms with Crippen LogP contribution < -0.4 is 5.73 Å². The zero-order valence-electron chi connectivity index (χ0n) is 10.7. The fraction of sp³-hybridized carbons (Fsp3) is 0.583. The Bertz CT molecular complexity index is 528. The molecule has 0 radical (unpaired) electrons. The molecule has 2 rings (SSSR count). The summed E-state index contributed by atoms with van der Waals surface area (Å²) in [5, 5.41) is 0. The Labute approximate surface area is 108 Å². The molecule has 0 amide bonds. The summed E-state index contributed by atoms with van der Waals surface area (Å²) in [7, 11) is -3.49. The predicted octanol–water partition coefficient (Wildman–Crippen LogP) is 1.33. The molecule has 1 aromatic heterocycles. The quantitative estimate of drug-likeness (QED) is 0.898. The van der Waals surface area contributed by atoms with E-state index in [0.717, 1.165) is 6.42 Å². The summed E-state index contributed by atoms with van der Waals surface area (Å²) in [6.45, 7) is 5.40. The molecule has 100 valence electrons. The van der Waals surface area contributed by atoms with E-state index in [-0.39, 0.29) is 10.7 Å². The molecule has 1 unspecified atom stereocenters. The van der Waals surface area contributed by atoms with Crippen LogP contribution in [-0.2, 0) is 10.0 Å². The number of nitrogen functional groups attached to an aromatic ring is 1. The molecule has 2 heterocycles. The van der Waals surface area contributed by atoms with Crippen molar-refractivity contribution in [1.82, 2.24) is 9.29 Å². The summed E-state index contributed by atoms with van der Waals surface area (Å²) >= 11 is 0. The lowest BCUT2D eigenvalue weighted by atomic mass is 9.96. The van der Waals surface area contributed by atoms with Crippen LogP contribution in [0.5, 0.6) is 0 Å². The van der Waals surface area contributed by atoms with Gasteiger partial charge in [0, 0.05) is 19.3 Å². The first-order valence-corrected chi connectivity index (χ1v) is 7.57. The van der Waals surface area contributed by atoms with Crippen LogP contribution in [0.3, 0.4) is 0 Å². The number of hydrogen-bond acceptors (Lipinski definition) is 4. The molecule has 1 fully saturated rings. The molecular weight excluding hydrogens is 250 g/mol. The maximum absolute atomic E-state index is 12.4. The van der Waals surface area contributed by atoms with Gasteiger partial charge < -0.3 is 5.73 Å². The molecule has 6 heteroatoms. The highest BCUT2D eigenvalue weighted by Crippen LogP contribution is 2.29. The van der Waals surface area contributed by atoms with Gasteiger partial charge in [-0.1, -0.05) is 13.8 Å². The minimum absolute atomic E-state index is 0.0745. The van der Waals surface area contributed by atoms with E-state index in [9.17, 15) is 8.42 Å². The number of aromatic nitrogens is 1. The molecule has 18 heavy (non-hydrogen) atoms. The molecule has 2 N–H and O–H groups in total. The number of rotatable bonds is 3. The normalized spacial score (nSPS) is 21.6. The monoisotopic (exact) mass is 269 g/mol. The number of anilines is 1. The van der Waals surface area contributed by atoms with E-state index in [2.05, 4.69) is 18.8 Å². The van der Waals surface area contributed by atoms with E-state index < -0.39 is 10.0 Å². The first kappa shape index (κ1) is 13.3. The largest absolute Gasteiger partial charge is 0.383 e. The second kappa shape index (κ2) is 4.85. The Morgan fingerprint density at radius 2 is 2.22 bits per heavy atom. The minimum Gasteiger partial charge on any atom is -0.383 e. The zero-order valence-corrected chi connectivity index (χ0v) is 11.5. The number of nitrogens with two attached hydrogens (primary N) is 1. The summed E-state index contributed by atoms with van der Waals surface area (Å²) in [6.07, 6.45) is 2.41. The van der Waals surface area contributed by atoms with Gasteiger partial charge in [-0.2, -0.15) is 4.31 Å². The van der Waals surface area contributed by atoms with Gasteiger partial charge in [0.15, 0.2) is 0 Å². The van der Waals surface area contributed by atoms with E-state index in [4.69, 9.17) is 5.73 Å². The maximum atomic E-state index is 12.4. The van der Waals surface area contributed by atoms with E-state index in [1.807, 2.05) is 0 Å². The second-order valence-electron chi connectivity index (χ2n) is 5.04. The van der Waals surface area contributed by atoms with E-state index in [1.165, 1.54) is 16.6 Å². The van der Waals surface area contributed by atoms with Crippen molar-refractivity contribution in [3.63, 3.8) is 0 Å². The molecule has 1 aromatic rings. The van der Waals surface area contributed by atoms with Crippen LogP contribution in [0, 0.1) is 11.8 Å². The fourth-order valence-electron chi connectivity index (χ4n) is 2.28. The third-order valence-electron chi connectivity index (χ3n) is 3.55. The molecule has 1 aliphatic rings. The van der Waals surface area contributed by atoms with Crippen molar-refractivity contribution < 1.29 is 8.42 Å². The number of sulfonamides is 1. The van der Waals surface area contributed by atoms with Gasteiger partial charge in [0.1, 0.15) is 10.7 Å². The van der Waals surface area contributed by atoms with Gasteiger partial charge in [0.05, 0.1) is 0 Å². The highest BCUT2D eigenvalue weighted by Gasteiger charge is 2.34. The summed E-state index contributed by atoms with van der Waals surface area (Å²) in [5.74, 6) is 1.000. The van der Waals surface area contributed by atoms with Gasteiger partial charge in [-0.25, -0.2) is 13.4 Å². The van der Waals surface area contributed by atoms with E-state index in [1.54, 1.807) is 6.07 Å². The topological polar surface area (TPSA) is 76.3 Å². The molecule has 1 saturated heterocycles. The van der Waals surface area contributed by atoms with Crippen molar-refractivity contribution in [2.75, 3.05) is 18.8 Å². The maximum Gasteiger partial charge on any atom is 0.246 e. The first-order chi connectivity index (χ1) is 8.43. The van der Waals surface area contributed by atoms with Crippen LogP contribution in [-0.4, -0.2) is 30.8 Å². The summed E-state index contributed by atoms with van der Waals surface area (Å²) in [6, 6.07) is 3.11. The Morgan fingerprint density at radius 1 is 1.50 bits per heavy atom. The number of nitrogens with zero attached hydrogens (tertiary/aromatic N) is 2. The zero-order chi connectivity index (χ0) is 13.3. The number of pyridine rings is 1. The standard InChI is InChI=1S/C12H19N3O2S/c1-9(2)10-5-7-15(8-10)18(16,17)11-4-3-6-14-12(11)13/h3-4,6,9-10H,5,7-8H2,1-2H3,(H2,13,14). The van der Waals surface area contributed by atoms with E-state index in [0.29, 0.717) is 24.9 Å². The third-order valence-corrected chi connectivity index (χ3v) is 5.46. The second-order valence-corrected chi connectivity index (χ2v) is 6.95. The van der Waals surface area contributed by atoms with Crippen molar-refractivity contribution in [3.05, 3.63) is 18.3 Å². The van der Waals surface area contributed by atoms with Crippen LogP contribution in [0.1, 0.15) is 20.3 Å². The molecule has 1 aliphatic heterocycles. The fourth-order valence-corrected chi connectivity index (χ4v) is 3.86. The van der Waals surface area contributed by atoms with Crippen molar-refractivity contribution in [2.45, 2.75) is 25.2 Å². The smallest absolute Gasteiger partial charge is 0.246 e. The Morgan fingerprint density at radius 3 is 2.78 bits per heavy atom. The van der Waals surface area contributed by atoms with Crippen LogP contribution in [0.4, 0.5) is 5.82 Å². The Balaban J connectivity index is 2.26. The lowest BCUT2D eigenvalue weighted by Gasteiger charge is -2.18. The van der Waals surface area contributed by atoms with Crippen molar-refractivity contribution in [2.24, 2.45) is 11.8 Å². The first-order valence-electron chi connectivity index (χ1n) is 6.13. The van der Waals surface area contributed by atoms with Gasteiger partial charge in [-0.3, -0.25) is 0 Å². The van der Waals surface area contributed by atoms with Gasteiger partial charge in [-0.15, -0.1) is 0 Å². The molecular formula is C12H19N3O2S. The molecule has 0 bridgehead atoms. The average molecular weight is 269 g/mol. The summed E-state index contributed by atoms with van der Waals surface area (Å²) < 4.78 is 26.4. The van der Waals surface area contributed by atoms with Crippen molar-refractivity contribution in [3.8, 4) is 0 Å². The predicted molar refractivity (Wildman–Crippen MR) is 70.4 cm³/mol. The van der Waals surface area contributed by atoms with Crippen LogP contribution in [0.15, 0.2) is 23.2 Å². The average Bonchev–Trinajstić information content (AvgIpc) is 2.79. The van der Waals surface area contributed by atoms with Gasteiger partial charge >= 0.3 is 0 Å². The minimum atomic E-state index is -3.49. The Kier molecular flexibility index (Phi) is 3.59. The van der Waals surface area contributed by atoms with Gasteiger partial charge in [0.25, 0.3) is 0 Å². The highest BCUT2D eigenvalue weighted by atomic mass is 32.2. The van der Waals surface area contributed by atoms with Crippen molar-refractivity contribution in [1.29, 1.82) is 0 Å². The molecule has 0 spiro atoms. The van der Waals surface area contributed by atoms with E-state index >= 15 is 0 Å². The molecule has 5 nitrogen and oxygen atoms in total. The Hall–Kier alpha value is -1.14. The lowest BCUT2D eigenvalue weighted by Crippen LogP contribution is -2.30. The summed E-state index contributed by atoms with van der Waals surface area (Å²) in [4.78, 5) is 3.96. The molecule has 1 atom stereocenters. The number of hydrogen-bond donors (Lipinski definition) is 1. The molecule has 0 aliphatic carbocycles. The highest BCUT2D eigenvalue weighted by molar-refractivity contribution is 7.89. The van der Waals surface area contributed by atoms with Crippen LogP contribution >= 0.6 is 0 Å². The van der Waals surface area contributed by atoms with Crippen LogP contribution in [0.2, 0.25) is 0 Å². The lowest BCUT2D eigenvalue weighted by molar-refractivity contribution is 0.388. The van der Waals surface area contributed by atoms with Crippen LogP contribution in [0.25, 0.3) is 0 Å². The summed E-state index contributed by atoms with van der Waals surface area (Å²) in [5.41, 5.74) is 5.65. The third kappa shape index (κ3) is 2.35. The van der Waals surface area contributed by atoms with Crippen molar-refractivity contribution >= 4 is 15.8 Å². The van der Waals surface area contributed by atoms with Gasteiger partial charge in [0.2, 0.25) is 10.0 Å². The molecule has 0 aromatic carbocycles.